The molecule has 2 amide bonds. The van der Waals surface area contributed by atoms with Crippen LogP contribution in [-0.4, -0.2) is 34.7 Å². The van der Waals surface area contributed by atoms with Crippen LogP contribution in [0.15, 0.2) is 33.3 Å². The molecule has 1 aliphatic heterocycles. The number of ether oxygens (including phenoxy) is 1. The Bertz CT molecular complexity index is 716. The molecule has 24 heavy (non-hydrogen) atoms. The number of carbonyl (C=O) groups is 1. The summed E-state index contributed by atoms with van der Waals surface area (Å²) in [5.41, 5.74) is 0. The maximum atomic E-state index is 11.6. The van der Waals surface area contributed by atoms with Crippen molar-refractivity contribution in [3.05, 3.63) is 40.5 Å². The second-order valence-corrected chi connectivity index (χ2v) is 7.03. The molecule has 1 saturated heterocycles. The molecule has 0 bridgehead atoms. The van der Waals surface area contributed by atoms with Crippen molar-refractivity contribution in [1.29, 1.82) is 0 Å². The van der Waals surface area contributed by atoms with E-state index in [-0.39, 0.29) is 24.1 Å². The minimum Gasteiger partial charge on any atom is -0.482 e. The van der Waals surface area contributed by atoms with Crippen molar-refractivity contribution in [2.45, 2.75) is 26.0 Å². The number of halogens is 1. The molecule has 3 rings (SSSR count). The molecule has 1 N–H and O–H groups in total. The SMILES string of the molecule is CC(C)C(Oc1ccc(Br)cc1)c1noc(C2CN(C)C(=O)N2)n1. The Morgan fingerprint density at radius 1 is 1.38 bits per heavy atom. The number of amides is 2. The number of nitrogens with zero attached hydrogens (tertiary/aromatic N) is 3. The molecule has 1 fully saturated rings. The van der Waals surface area contributed by atoms with E-state index in [0.29, 0.717) is 18.3 Å². The second kappa shape index (κ2) is 6.80. The second-order valence-electron chi connectivity index (χ2n) is 6.11. The van der Waals surface area contributed by atoms with E-state index in [2.05, 4.69) is 31.4 Å². The van der Waals surface area contributed by atoms with Crippen LogP contribution < -0.4 is 10.1 Å². The average Bonchev–Trinajstić information content (AvgIpc) is 3.14. The number of hydrogen-bond acceptors (Lipinski definition) is 5. The molecule has 0 aliphatic carbocycles. The summed E-state index contributed by atoms with van der Waals surface area (Å²) in [7, 11) is 1.72. The number of nitrogens with one attached hydrogen (secondary N) is 1. The van der Waals surface area contributed by atoms with Gasteiger partial charge in [-0.05, 0) is 30.2 Å². The van der Waals surface area contributed by atoms with Gasteiger partial charge >= 0.3 is 6.03 Å². The van der Waals surface area contributed by atoms with Crippen LogP contribution in [0.3, 0.4) is 0 Å². The summed E-state index contributed by atoms with van der Waals surface area (Å²) in [4.78, 5) is 17.6. The zero-order valence-corrected chi connectivity index (χ0v) is 15.3. The fourth-order valence-electron chi connectivity index (χ4n) is 2.45. The molecule has 2 aromatic rings. The molecule has 1 aromatic carbocycles. The summed E-state index contributed by atoms with van der Waals surface area (Å²) in [6.07, 6.45) is -0.335. The number of rotatable bonds is 5. The molecule has 1 aromatic heterocycles. The van der Waals surface area contributed by atoms with E-state index in [1.54, 1.807) is 11.9 Å². The van der Waals surface area contributed by atoms with Gasteiger partial charge in [0.25, 0.3) is 5.89 Å². The van der Waals surface area contributed by atoms with Crippen LogP contribution in [0.2, 0.25) is 0 Å². The van der Waals surface area contributed by atoms with Crippen molar-refractivity contribution in [1.82, 2.24) is 20.4 Å². The zero-order chi connectivity index (χ0) is 17.3. The standard InChI is InChI=1S/C16H19BrN4O3/c1-9(2)13(23-11-6-4-10(17)5-7-11)14-19-15(24-20-14)12-8-21(3)16(22)18-12/h4-7,9,12-13H,8H2,1-3H3,(H,18,22). The predicted molar refractivity (Wildman–Crippen MR) is 90.5 cm³/mol. The maximum absolute atomic E-state index is 11.6. The van der Waals surface area contributed by atoms with Gasteiger partial charge in [0.1, 0.15) is 11.8 Å². The van der Waals surface area contributed by atoms with Crippen molar-refractivity contribution in [2.24, 2.45) is 5.92 Å². The van der Waals surface area contributed by atoms with Crippen molar-refractivity contribution in [3.63, 3.8) is 0 Å². The monoisotopic (exact) mass is 394 g/mol. The smallest absolute Gasteiger partial charge is 0.317 e. The van der Waals surface area contributed by atoms with Gasteiger partial charge in [-0.3, -0.25) is 0 Å². The first-order valence-corrected chi connectivity index (χ1v) is 8.50. The normalized spacial score (nSPS) is 18.8. The summed E-state index contributed by atoms with van der Waals surface area (Å²) < 4.78 is 12.4. The highest BCUT2D eigenvalue weighted by molar-refractivity contribution is 9.10. The fourth-order valence-corrected chi connectivity index (χ4v) is 2.72. The van der Waals surface area contributed by atoms with Gasteiger partial charge in [-0.15, -0.1) is 0 Å². The van der Waals surface area contributed by atoms with Crippen molar-refractivity contribution in [2.75, 3.05) is 13.6 Å². The lowest BCUT2D eigenvalue weighted by Crippen LogP contribution is -2.24. The highest BCUT2D eigenvalue weighted by atomic mass is 79.9. The van der Waals surface area contributed by atoms with Crippen molar-refractivity contribution in [3.8, 4) is 5.75 Å². The number of hydrogen-bond donors (Lipinski definition) is 1. The summed E-state index contributed by atoms with van der Waals surface area (Å²) in [5, 5.41) is 6.86. The summed E-state index contributed by atoms with van der Waals surface area (Å²) in [6, 6.07) is 7.16. The number of urea groups is 1. The topological polar surface area (TPSA) is 80.5 Å². The van der Waals surface area contributed by atoms with Crippen LogP contribution in [0.1, 0.15) is 37.7 Å². The predicted octanol–water partition coefficient (Wildman–Crippen LogP) is 3.30. The number of aromatic nitrogens is 2. The summed E-state index contributed by atoms with van der Waals surface area (Å²) in [5.74, 6) is 1.76. The molecule has 0 spiro atoms. The van der Waals surface area contributed by atoms with Crippen molar-refractivity contribution >= 4 is 22.0 Å². The Balaban J connectivity index is 1.77. The van der Waals surface area contributed by atoms with Gasteiger partial charge in [0.15, 0.2) is 6.10 Å². The zero-order valence-electron chi connectivity index (χ0n) is 13.7. The fraction of sp³-hybridized carbons (Fsp3) is 0.438. The number of benzene rings is 1. The molecule has 0 saturated carbocycles. The molecule has 2 atom stereocenters. The van der Waals surface area contributed by atoms with E-state index in [1.165, 1.54) is 0 Å². The molecule has 2 unspecified atom stereocenters. The van der Waals surface area contributed by atoms with Crippen LogP contribution in [0.5, 0.6) is 5.75 Å². The van der Waals surface area contributed by atoms with E-state index >= 15 is 0 Å². The molecular weight excluding hydrogens is 376 g/mol. The molecule has 8 heteroatoms. The first kappa shape index (κ1) is 16.8. The van der Waals surface area contributed by atoms with Gasteiger partial charge in [0.2, 0.25) is 5.82 Å². The van der Waals surface area contributed by atoms with Gasteiger partial charge in [-0.2, -0.15) is 4.98 Å². The lowest BCUT2D eigenvalue weighted by atomic mass is 10.1. The number of carbonyl (C=O) groups excluding carboxylic acids is 1. The molecule has 1 aliphatic rings. The molecule has 0 radical (unpaired) electrons. The van der Waals surface area contributed by atoms with Crippen LogP contribution in [0, 0.1) is 5.92 Å². The van der Waals surface area contributed by atoms with Gasteiger partial charge in [0.05, 0.1) is 6.54 Å². The van der Waals surface area contributed by atoms with E-state index < -0.39 is 0 Å². The van der Waals surface area contributed by atoms with Crippen LogP contribution in [-0.2, 0) is 0 Å². The molecule has 128 valence electrons. The maximum Gasteiger partial charge on any atom is 0.317 e. The summed E-state index contributed by atoms with van der Waals surface area (Å²) in [6.45, 7) is 4.57. The van der Waals surface area contributed by atoms with E-state index in [9.17, 15) is 4.79 Å². The Morgan fingerprint density at radius 3 is 2.67 bits per heavy atom. The first-order valence-electron chi connectivity index (χ1n) is 7.71. The van der Waals surface area contributed by atoms with E-state index in [0.717, 1.165) is 10.2 Å². The minimum atomic E-state index is -0.335. The third-order valence-electron chi connectivity index (χ3n) is 3.79. The Kier molecular flexibility index (Phi) is 4.75. The lowest BCUT2D eigenvalue weighted by molar-refractivity contribution is 0.140. The molecule has 2 heterocycles. The van der Waals surface area contributed by atoms with Gasteiger partial charge in [0, 0.05) is 11.5 Å². The third-order valence-corrected chi connectivity index (χ3v) is 4.32. The van der Waals surface area contributed by atoms with Gasteiger partial charge < -0.3 is 19.5 Å². The highest BCUT2D eigenvalue weighted by Gasteiger charge is 2.33. The quantitative estimate of drug-likeness (QED) is 0.840. The Hall–Kier alpha value is -2.09. The summed E-state index contributed by atoms with van der Waals surface area (Å²) >= 11 is 3.40. The molecule has 7 nitrogen and oxygen atoms in total. The minimum absolute atomic E-state index is 0.147. The number of likely N-dealkylation sites (N-methyl/N-ethyl adjacent to an activating group) is 1. The largest absolute Gasteiger partial charge is 0.482 e. The van der Waals surface area contributed by atoms with Gasteiger partial charge in [-0.25, -0.2) is 4.79 Å². The van der Waals surface area contributed by atoms with Crippen LogP contribution in [0.25, 0.3) is 0 Å². The van der Waals surface area contributed by atoms with E-state index in [4.69, 9.17) is 9.26 Å². The third kappa shape index (κ3) is 3.53. The van der Waals surface area contributed by atoms with Crippen LogP contribution >= 0.6 is 15.9 Å². The highest BCUT2D eigenvalue weighted by Crippen LogP contribution is 2.28. The lowest BCUT2D eigenvalue weighted by Gasteiger charge is -2.19. The van der Waals surface area contributed by atoms with Crippen LogP contribution in [0.4, 0.5) is 4.79 Å². The Morgan fingerprint density at radius 2 is 2.08 bits per heavy atom. The average molecular weight is 395 g/mol. The first-order chi connectivity index (χ1) is 11.4. The molecular formula is C16H19BrN4O3. The van der Waals surface area contributed by atoms with Gasteiger partial charge in [-0.1, -0.05) is 34.9 Å². The Labute approximate surface area is 148 Å². The van der Waals surface area contributed by atoms with E-state index in [1.807, 2.05) is 38.1 Å². The van der Waals surface area contributed by atoms with Crippen molar-refractivity contribution < 1.29 is 14.1 Å².